The van der Waals surface area contributed by atoms with E-state index in [1.807, 2.05) is 31.2 Å². The molecule has 2 aromatic rings. The molecule has 2 fully saturated rings. The van der Waals surface area contributed by atoms with Crippen LogP contribution in [0.2, 0.25) is 0 Å². The summed E-state index contributed by atoms with van der Waals surface area (Å²) in [5.41, 5.74) is 4.35. The Morgan fingerprint density at radius 3 is 2.28 bits per heavy atom. The molecule has 9 heteroatoms. The van der Waals surface area contributed by atoms with Crippen LogP contribution in [0.5, 0.6) is 0 Å². The summed E-state index contributed by atoms with van der Waals surface area (Å²) in [4.78, 5) is 54.0. The Kier molecular flexibility index (Phi) is 8.00. The number of hydroxylamine groups is 1. The van der Waals surface area contributed by atoms with E-state index in [1.54, 1.807) is 22.5 Å². The number of amides is 5. The largest absolute Gasteiger partial charge is 0.328 e. The van der Waals surface area contributed by atoms with Crippen molar-refractivity contribution in [1.82, 2.24) is 15.3 Å². The van der Waals surface area contributed by atoms with Crippen LogP contribution in [0.15, 0.2) is 48.5 Å². The van der Waals surface area contributed by atoms with Crippen molar-refractivity contribution in [1.29, 1.82) is 0 Å². The predicted octanol–water partition coefficient (Wildman–Crippen LogP) is 4.00. The van der Waals surface area contributed by atoms with Gasteiger partial charge in [-0.15, -0.1) is 0 Å². The zero-order chi connectivity index (χ0) is 25.7. The second-order valence-corrected chi connectivity index (χ2v) is 9.52. The molecule has 4 rings (SSSR count). The molecule has 9 nitrogen and oxygen atoms in total. The zero-order valence-electron chi connectivity index (χ0n) is 20.4. The van der Waals surface area contributed by atoms with Crippen LogP contribution in [0.3, 0.4) is 0 Å². The van der Waals surface area contributed by atoms with Gasteiger partial charge in [0.25, 0.3) is 11.8 Å². The molecule has 1 saturated heterocycles. The zero-order valence-corrected chi connectivity index (χ0v) is 20.4. The number of nitrogens with one attached hydrogen (secondary N) is 2. The Hall–Kier alpha value is -3.72. The van der Waals surface area contributed by atoms with Gasteiger partial charge in [0.2, 0.25) is 5.91 Å². The third-order valence-corrected chi connectivity index (χ3v) is 6.94. The van der Waals surface area contributed by atoms with Crippen LogP contribution in [-0.2, 0) is 16.1 Å². The van der Waals surface area contributed by atoms with Gasteiger partial charge in [-0.2, -0.15) is 0 Å². The summed E-state index contributed by atoms with van der Waals surface area (Å²) in [7, 11) is 0. The van der Waals surface area contributed by atoms with E-state index in [-0.39, 0.29) is 42.3 Å². The van der Waals surface area contributed by atoms with Gasteiger partial charge >= 0.3 is 6.03 Å². The maximum Gasteiger partial charge on any atom is 0.328 e. The number of rotatable bonds is 8. The van der Waals surface area contributed by atoms with E-state index in [2.05, 4.69) is 5.32 Å². The maximum atomic E-state index is 13.4. The van der Waals surface area contributed by atoms with Crippen molar-refractivity contribution in [2.75, 3.05) is 5.32 Å². The molecule has 190 valence electrons. The molecular weight excluding hydrogens is 460 g/mol. The minimum atomic E-state index is -0.692. The van der Waals surface area contributed by atoms with Gasteiger partial charge in [0.15, 0.2) is 0 Å². The van der Waals surface area contributed by atoms with E-state index in [0.29, 0.717) is 12.2 Å². The molecule has 5 amide bonds. The predicted molar refractivity (Wildman–Crippen MR) is 133 cm³/mol. The maximum absolute atomic E-state index is 13.4. The molecule has 0 bridgehead atoms. The highest BCUT2D eigenvalue weighted by Gasteiger charge is 2.47. The SMILES string of the molecule is Cc1ccc(CN2C(=O)N(C3CCCCC3)C(=O)C2CCC(=O)Nc2ccc(C(=O)NO)cc2)cc1. The molecule has 0 radical (unpaired) electrons. The second kappa shape index (κ2) is 11.3. The van der Waals surface area contributed by atoms with Crippen molar-refractivity contribution in [3.05, 3.63) is 65.2 Å². The molecule has 1 heterocycles. The molecule has 2 aromatic carbocycles. The summed E-state index contributed by atoms with van der Waals surface area (Å²) in [5, 5.41) is 11.5. The number of aryl methyl sites for hydroxylation is 1. The van der Waals surface area contributed by atoms with Gasteiger partial charge < -0.3 is 10.2 Å². The number of nitrogens with zero attached hydrogens (tertiary/aromatic N) is 2. The molecule has 2 aliphatic rings. The molecule has 1 unspecified atom stereocenters. The Morgan fingerprint density at radius 1 is 0.972 bits per heavy atom. The third-order valence-electron chi connectivity index (χ3n) is 6.94. The van der Waals surface area contributed by atoms with Crippen molar-refractivity contribution in [2.45, 2.75) is 70.5 Å². The van der Waals surface area contributed by atoms with Crippen LogP contribution in [0, 0.1) is 6.92 Å². The summed E-state index contributed by atoms with van der Waals surface area (Å²) in [6.45, 7) is 2.31. The average Bonchev–Trinajstić information content (AvgIpc) is 3.12. The van der Waals surface area contributed by atoms with E-state index in [9.17, 15) is 19.2 Å². The molecule has 1 aliphatic carbocycles. The van der Waals surface area contributed by atoms with E-state index in [0.717, 1.165) is 43.2 Å². The van der Waals surface area contributed by atoms with Gasteiger partial charge in [0, 0.05) is 30.3 Å². The Labute approximate surface area is 210 Å². The number of hydrogen-bond donors (Lipinski definition) is 3. The Balaban J connectivity index is 1.44. The molecule has 3 N–H and O–H groups in total. The lowest BCUT2D eigenvalue weighted by molar-refractivity contribution is -0.130. The highest BCUT2D eigenvalue weighted by molar-refractivity contribution is 6.05. The Bertz CT molecular complexity index is 1110. The number of carbonyl (C=O) groups excluding carboxylic acids is 4. The lowest BCUT2D eigenvalue weighted by Crippen LogP contribution is -2.42. The van der Waals surface area contributed by atoms with Crippen LogP contribution in [0.4, 0.5) is 10.5 Å². The first-order valence-electron chi connectivity index (χ1n) is 12.4. The topological polar surface area (TPSA) is 119 Å². The molecule has 0 aromatic heterocycles. The number of hydrogen-bond acceptors (Lipinski definition) is 5. The number of imide groups is 1. The first-order valence-corrected chi connectivity index (χ1v) is 12.4. The number of urea groups is 1. The van der Waals surface area contributed by atoms with Crippen molar-refractivity contribution in [3.8, 4) is 0 Å². The minimum absolute atomic E-state index is 0.0610. The van der Waals surface area contributed by atoms with Crippen LogP contribution in [-0.4, -0.2) is 50.8 Å². The van der Waals surface area contributed by atoms with E-state index >= 15 is 0 Å². The first-order chi connectivity index (χ1) is 17.4. The van der Waals surface area contributed by atoms with Crippen molar-refractivity contribution in [3.63, 3.8) is 0 Å². The normalized spacial score (nSPS) is 18.4. The average molecular weight is 493 g/mol. The van der Waals surface area contributed by atoms with Crippen molar-refractivity contribution >= 4 is 29.4 Å². The van der Waals surface area contributed by atoms with Gasteiger partial charge in [0.1, 0.15) is 6.04 Å². The number of anilines is 1. The highest BCUT2D eigenvalue weighted by Crippen LogP contribution is 2.31. The smallest absolute Gasteiger partial charge is 0.326 e. The number of benzene rings is 2. The third kappa shape index (κ3) is 5.73. The van der Waals surface area contributed by atoms with E-state index in [4.69, 9.17) is 5.21 Å². The van der Waals surface area contributed by atoms with Gasteiger partial charge in [-0.3, -0.25) is 24.5 Å². The molecule has 0 spiro atoms. The lowest BCUT2D eigenvalue weighted by Gasteiger charge is -2.29. The minimum Gasteiger partial charge on any atom is -0.326 e. The van der Waals surface area contributed by atoms with Crippen LogP contribution < -0.4 is 10.8 Å². The van der Waals surface area contributed by atoms with Gasteiger partial charge in [-0.1, -0.05) is 49.1 Å². The standard InChI is InChI=1S/C27H32N4O5/c1-18-7-9-19(10-8-18)17-30-23(26(34)31(27(30)35)22-5-3-2-4-6-22)15-16-24(32)28-21-13-11-20(12-14-21)25(33)29-36/h7-14,22-23,36H,2-6,15-17H2,1H3,(H,28,32)(H,29,33). The van der Waals surface area contributed by atoms with E-state index in [1.165, 1.54) is 17.0 Å². The summed E-state index contributed by atoms with van der Waals surface area (Å²) in [6.07, 6.45) is 5.06. The molecular formula is C27H32N4O5. The van der Waals surface area contributed by atoms with E-state index < -0.39 is 11.9 Å². The van der Waals surface area contributed by atoms with Crippen LogP contribution >= 0.6 is 0 Å². The summed E-state index contributed by atoms with van der Waals surface area (Å²) < 4.78 is 0. The second-order valence-electron chi connectivity index (χ2n) is 9.52. The van der Waals surface area contributed by atoms with Gasteiger partial charge in [0.05, 0.1) is 0 Å². The highest BCUT2D eigenvalue weighted by atomic mass is 16.5. The van der Waals surface area contributed by atoms with Crippen molar-refractivity contribution in [2.24, 2.45) is 0 Å². The fourth-order valence-corrected chi connectivity index (χ4v) is 4.94. The summed E-state index contributed by atoms with van der Waals surface area (Å²) in [5.74, 6) is -1.15. The van der Waals surface area contributed by atoms with Crippen LogP contribution in [0.1, 0.15) is 66.4 Å². The van der Waals surface area contributed by atoms with Gasteiger partial charge in [-0.25, -0.2) is 10.3 Å². The molecule has 1 aliphatic heterocycles. The quantitative estimate of drug-likeness (QED) is 0.292. The molecule has 36 heavy (non-hydrogen) atoms. The molecule has 1 saturated carbocycles. The van der Waals surface area contributed by atoms with Crippen LogP contribution in [0.25, 0.3) is 0 Å². The summed E-state index contributed by atoms with van der Waals surface area (Å²) >= 11 is 0. The number of carbonyl (C=O) groups is 4. The van der Waals surface area contributed by atoms with Crippen molar-refractivity contribution < 1.29 is 24.4 Å². The first kappa shape index (κ1) is 25.4. The molecule has 1 atom stereocenters. The fourth-order valence-electron chi connectivity index (χ4n) is 4.94. The summed E-state index contributed by atoms with van der Waals surface area (Å²) in [6, 6.07) is 12.9. The fraction of sp³-hybridized carbons (Fsp3) is 0.407. The monoisotopic (exact) mass is 492 g/mol. The lowest BCUT2D eigenvalue weighted by atomic mass is 9.94. The van der Waals surface area contributed by atoms with Gasteiger partial charge in [-0.05, 0) is 56.0 Å². The Morgan fingerprint density at radius 2 is 1.64 bits per heavy atom.